The van der Waals surface area contributed by atoms with Crippen LogP contribution in [0.5, 0.6) is 0 Å². The molecule has 0 atom stereocenters. The Bertz CT molecular complexity index is 764. The SMILES string of the molecule is NC(=O)Cc1nc(-c2ccc(Cl)cc2)oc1-c1ccsc1. The van der Waals surface area contributed by atoms with Crippen LogP contribution in [-0.2, 0) is 11.2 Å². The van der Waals surface area contributed by atoms with E-state index in [0.717, 1.165) is 11.1 Å². The molecule has 0 aliphatic carbocycles. The topological polar surface area (TPSA) is 69.1 Å². The zero-order chi connectivity index (χ0) is 14.8. The van der Waals surface area contributed by atoms with E-state index in [1.54, 1.807) is 23.5 Å². The quantitative estimate of drug-likeness (QED) is 0.796. The molecule has 3 rings (SSSR count). The molecule has 0 spiro atoms. The lowest BCUT2D eigenvalue weighted by molar-refractivity contribution is -0.117. The lowest BCUT2D eigenvalue weighted by Crippen LogP contribution is -2.14. The van der Waals surface area contributed by atoms with Crippen LogP contribution in [0.1, 0.15) is 5.69 Å². The second-order valence-corrected chi connectivity index (χ2v) is 5.67. The van der Waals surface area contributed by atoms with E-state index in [9.17, 15) is 4.79 Å². The minimum atomic E-state index is -0.442. The van der Waals surface area contributed by atoms with Crippen molar-refractivity contribution in [2.45, 2.75) is 6.42 Å². The van der Waals surface area contributed by atoms with E-state index < -0.39 is 5.91 Å². The third-order valence-corrected chi connectivity index (χ3v) is 3.85. The highest BCUT2D eigenvalue weighted by atomic mass is 35.5. The van der Waals surface area contributed by atoms with Crippen LogP contribution in [0.4, 0.5) is 0 Å². The van der Waals surface area contributed by atoms with Crippen molar-refractivity contribution in [2.24, 2.45) is 5.73 Å². The Morgan fingerprint density at radius 2 is 2.00 bits per heavy atom. The second kappa shape index (κ2) is 5.71. The maximum Gasteiger partial charge on any atom is 0.227 e. The zero-order valence-corrected chi connectivity index (χ0v) is 12.4. The first-order valence-electron chi connectivity index (χ1n) is 6.20. The van der Waals surface area contributed by atoms with Gasteiger partial charge in [0, 0.05) is 21.5 Å². The fourth-order valence-corrected chi connectivity index (χ4v) is 2.73. The predicted molar refractivity (Wildman–Crippen MR) is 83.2 cm³/mol. The Balaban J connectivity index is 2.07. The Morgan fingerprint density at radius 3 is 2.62 bits per heavy atom. The molecule has 0 radical (unpaired) electrons. The molecule has 0 aliphatic rings. The molecule has 106 valence electrons. The van der Waals surface area contributed by atoms with Gasteiger partial charge in [0.25, 0.3) is 0 Å². The molecule has 0 aliphatic heterocycles. The zero-order valence-electron chi connectivity index (χ0n) is 10.9. The molecule has 2 aromatic heterocycles. The van der Waals surface area contributed by atoms with Gasteiger partial charge in [-0.05, 0) is 35.7 Å². The first kappa shape index (κ1) is 13.9. The molecule has 0 saturated heterocycles. The van der Waals surface area contributed by atoms with Gasteiger partial charge in [-0.15, -0.1) is 0 Å². The number of nitrogens with two attached hydrogens (primary N) is 1. The van der Waals surface area contributed by atoms with Crippen molar-refractivity contribution in [3.05, 3.63) is 51.8 Å². The number of primary amides is 1. The Morgan fingerprint density at radius 1 is 1.24 bits per heavy atom. The van der Waals surface area contributed by atoms with Crippen LogP contribution in [0.25, 0.3) is 22.8 Å². The molecule has 1 aromatic carbocycles. The lowest BCUT2D eigenvalue weighted by atomic mass is 10.2. The molecule has 0 bridgehead atoms. The molecule has 3 aromatic rings. The molecule has 2 N–H and O–H groups in total. The highest BCUT2D eigenvalue weighted by Gasteiger charge is 2.18. The second-order valence-electron chi connectivity index (χ2n) is 4.46. The Hall–Kier alpha value is -2.11. The van der Waals surface area contributed by atoms with Gasteiger partial charge in [0.05, 0.1) is 12.1 Å². The van der Waals surface area contributed by atoms with E-state index in [1.165, 1.54) is 0 Å². The normalized spacial score (nSPS) is 10.7. The van der Waals surface area contributed by atoms with E-state index in [4.69, 9.17) is 21.8 Å². The Labute approximate surface area is 130 Å². The van der Waals surface area contributed by atoms with E-state index in [2.05, 4.69) is 4.98 Å². The van der Waals surface area contributed by atoms with Crippen LogP contribution in [0.3, 0.4) is 0 Å². The number of carbonyl (C=O) groups is 1. The molecular weight excluding hydrogens is 308 g/mol. The van der Waals surface area contributed by atoms with Crippen LogP contribution in [0.15, 0.2) is 45.5 Å². The lowest BCUT2D eigenvalue weighted by Gasteiger charge is -1.95. The van der Waals surface area contributed by atoms with Gasteiger partial charge in [0.1, 0.15) is 0 Å². The molecule has 6 heteroatoms. The summed E-state index contributed by atoms with van der Waals surface area (Å²) < 4.78 is 5.83. The third kappa shape index (κ3) is 2.99. The number of halogens is 1. The molecule has 1 amide bonds. The number of carbonyl (C=O) groups excluding carboxylic acids is 1. The Kier molecular flexibility index (Phi) is 3.77. The van der Waals surface area contributed by atoms with E-state index in [0.29, 0.717) is 22.4 Å². The minimum Gasteiger partial charge on any atom is -0.436 e. The molecule has 0 saturated carbocycles. The van der Waals surface area contributed by atoms with Crippen molar-refractivity contribution in [2.75, 3.05) is 0 Å². The average molecular weight is 319 g/mol. The number of hydrogen-bond acceptors (Lipinski definition) is 4. The van der Waals surface area contributed by atoms with Crippen LogP contribution < -0.4 is 5.73 Å². The van der Waals surface area contributed by atoms with Gasteiger partial charge in [-0.2, -0.15) is 11.3 Å². The number of amides is 1. The molecule has 21 heavy (non-hydrogen) atoms. The summed E-state index contributed by atoms with van der Waals surface area (Å²) in [4.78, 5) is 15.6. The standard InChI is InChI=1S/C15H11ClN2O2S/c16-11-3-1-9(2-4-11)15-18-12(7-13(17)19)14(20-15)10-5-6-21-8-10/h1-6,8H,7H2,(H2,17,19). The van der Waals surface area contributed by atoms with Crippen molar-refractivity contribution in [1.29, 1.82) is 0 Å². The smallest absolute Gasteiger partial charge is 0.227 e. The summed E-state index contributed by atoms with van der Waals surface area (Å²) in [6.45, 7) is 0. The largest absolute Gasteiger partial charge is 0.436 e. The van der Waals surface area contributed by atoms with Gasteiger partial charge in [0.2, 0.25) is 11.8 Å². The van der Waals surface area contributed by atoms with Crippen molar-refractivity contribution >= 4 is 28.8 Å². The molecule has 4 nitrogen and oxygen atoms in total. The van der Waals surface area contributed by atoms with Gasteiger partial charge in [0.15, 0.2) is 5.76 Å². The van der Waals surface area contributed by atoms with Crippen LogP contribution >= 0.6 is 22.9 Å². The minimum absolute atomic E-state index is 0.0439. The molecule has 0 unspecified atom stereocenters. The number of benzene rings is 1. The summed E-state index contributed by atoms with van der Waals surface area (Å²) in [7, 11) is 0. The fourth-order valence-electron chi connectivity index (χ4n) is 1.97. The van der Waals surface area contributed by atoms with Gasteiger partial charge >= 0.3 is 0 Å². The van der Waals surface area contributed by atoms with Gasteiger partial charge in [-0.1, -0.05) is 11.6 Å². The fraction of sp³-hybridized carbons (Fsp3) is 0.0667. The molecular formula is C15H11ClN2O2S. The van der Waals surface area contributed by atoms with Crippen molar-refractivity contribution in [3.8, 4) is 22.8 Å². The van der Waals surface area contributed by atoms with Crippen molar-refractivity contribution < 1.29 is 9.21 Å². The van der Waals surface area contributed by atoms with Crippen LogP contribution in [0, 0.1) is 0 Å². The van der Waals surface area contributed by atoms with E-state index in [1.807, 2.05) is 29.0 Å². The number of oxazole rings is 1. The van der Waals surface area contributed by atoms with Gasteiger partial charge in [-0.25, -0.2) is 4.98 Å². The number of rotatable bonds is 4. The van der Waals surface area contributed by atoms with Crippen LogP contribution in [0.2, 0.25) is 5.02 Å². The monoisotopic (exact) mass is 318 g/mol. The summed E-state index contributed by atoms with van der Waals surface area (Å²) >= 11 is 7.42. The summed E-state index contributed by atoms with van der Waals surface area (Å²) in [5.74, 6) is 0.589. The number of thiophene rings is 1. The van der Waals surface area contributed by atoms with Gasteiger partial charge < -0.3 is 10.2 Å². The average Bonchev–Trinajstić information content (AvgIpc) is 3.08. The third-order valence-electron chi connectivity index (χ3n) is 2.91. The predicted octanol–water partition coefficient (Wildman–Crippen LogP) is 3.75. The summed E-state index contributed by atoms with van der Waals surface area (Å²) in [6.07, 6.45) is 0.0439. The molecule has 2 heterocycles. The highest BCUT2D eigenvalue weighted by Crippen LogP contribution is 2.31. The van der Waals surface area contributed by atoms with E-state index >= 15 is 0 Å². The van der Waals surface area contributed by atoms with Crippen molar-refractivity contribution in [3.63, 3.8) is 0 Å². The maximum absolute atomic E-state index is 11.2. The number of nitrogens with zero attached hydrogens (tertiary/aromatic N) is 1. The maximum atomic E-state index is 11.2. The first-order valence-corrected chi connectivity index (χ1v) is 7.52. The number of hydrogen-bond donors (Lipinski definition) is 1. The number of aromatic nitrogens is 1. The summed E-state index contributed by atoms with van der Waals surface area (Å²) in [5.41, 5.74) is 7.52. The summed E-state index contributed by atoms with van der Waals surface area (Å²) in [6, 6.07) is 9.08. The first-order chi connectivity index (χ1) is 10.1. The highest BCUT2D eigenvalue weighted by molar-refractivity contribution is 7.08. The summed E-state index contributed by atoms with van der Waals surface area (Å²) in [5, 5.41) is 4.52. The van der Waals surface area contributed by atoms with Crippen LogP contribution in [-0.4, -0.2) is 10.9 Å². The van der Waals surface area contributed by atoms with Crippen molar-refractivity contribution in [1.82, 2.24) is 4.98 Å². The molecule has 0 fully saturated rings. The van der Waals surface area contributed by atoms with Gasteiger partial charge in [-0.3, -0.25) is 4.79 Å². The van der Waals surface area contributed by atoms with E-state index in [-0.39, 0.29) is 6.42 Å².